The number of nitrogens with one attached hydrogen (secondary N) is 2. The summed E-state index contributed by atoms with van der Waals surface area (Å²) in [5.74, 6) is 0. The Morgan fingerprint density at radius 3 is 2.89 bits per heavy atom. The van der Waals surface area contributed by atoms with Gasteiger partial charge in [0.05, 0.1) is 11.0 Å². The van der Waals surface area contributed by atoms with Crippen molar-refractivity contribution in [3.63, 3.8) is 0 Å². The Hall–Kier alpha value is -1.94. The number of allylic oxidation sites excluding steroid dienone is 1. The van der Waals surface area contributed by atoms with E-state index in [9.17, 15) is 0 Å². The van der Waals surface area contributed by atoms with Crippen LogP contribution in [-0.4, -0.2) is 22.7 Å². The third-order valence-corrected chi connectivity index (χ3v) is 2.99. The topological polar surface area (TPSA) is 61.7 Å². The molecule has 2 aromatic heterocycles. The molecular weight excluding hydrogens is 260 g/mol. The Morgan fingerprint density at radius 2 is 2.21 bits per heavy atom. The summed E-state index contributed by atoms with van der Waals surface area (Å²) in [4.78, 5) is 8.60. The van der Waals surface area contributed by atoms with Crippen LogP contribution in [0.5, 0.6) is 0 Å². The van der Waals surface area contributed by atoms with Gasteiger partial charge in [0.15, 0.2) is 0 Å². The molecule has 0 radical (unpaired) electrons. The van der Waals surface area contributed by atoms with Gasteiger partial charge in [-0.3, -0.25) is 4.98 Å². The third kappa shape index (κ3) is 2.90. The Kier molecular flexibility index (Phi) is 4.12. The Bertz CT molecular complexity index is 649. The van der Waals surface area contributed by atoms with Gasteiger partial charge in [-0.2, -0.15) is 0 Å². The first kappa shape index (κ1) is 13.5. The Labute approximate surface area is 117 Å². The zero-order valence-corrected chi connectivity index (χ0v) is 11.6. The second-order valence-electron chi connectivity index (χ2n) is 4.08. The van der Waals surface area contributed by atoms with Crippen LogP contribution in [0, 0.1) is 5.41 Å². The zero-order chi connectivity index (χ0) is 13.8. The first-order chi connectivity index (χ1) is 9.15. The monoisotopic (exact) mass is 274 g/mol. The van der Waals surface area contributed by atoms with E-state index in [1.807, 2.05) is 26.1 Å². The summed E-state index contributed by atoms with van der Waals surface area (Å²) in [5.41, 5.74) is 3.76. The smallest absolute Gasteiger partial charge is 0.129 e. The summed E-state index contributed by atoms with van der Waals surface area (Å²) in [6.45, 7) is 1.95. The molecule has 0 amide bonds. The summed E-state index contributed by atoms with van der Waals surface area (Å²) in [6.07, 6.45) is 4.22. The van der Waals surface area contributed by atoms with Crippen molar-refractivity contribution in [3.05, 3.63) is 41.3 Å². The number of fused-ring (bicyclic) bond motifs is 1. The van der Waals surface area contributed by atoms with Crippen molar-refractivity contribution in [2.75, 3.05) is 7.05 Å². The van der Waals surface area contributed by atoms with Crippen LogP contribution in [-0.2, 0) is 0 Å². The first-order valence-electron chi connectivity index (χ1n) is 6.03. The van der Waals surface area contributed by atoms with Gasteiger partial charge in [0.25, 0.3) is 0 Å². The van der Waals surface area contributed by atoms with Gasteiger partial charge in [-0.25, -0.2) is 4.98 Å². The normalized spacial score (nSPS) is 11.6. The fourth-order valence-electron chi connectivity index (χ4n) is 1.81. The maximum absolute atomic E-state index is 8.00. The van der Waals surface area contributed by atoms with E-state index in [1.165, 1.54) is 0 Å². The molecule has 0 unspecified atom stereocenters. The molecule has 19 heavy (non-hydrogen) atoms. The highest BCUT2D eigenvalue weighted by Crippen LogP contribution is 2.21. The summed E-state index contributed by atoms with van der Waals surface area (Å²) >= 11 is 5.89. The van der Waals surface area contributed by atoms with Crippen molar-refractivity contribution in [2.45, 2.75) is 13.3 Å². The molecule has 0 aromatic carbocycles. The van der Waals surface area contributed by atoms with Crippen molar-refractivity contribution in [1.29, 1.82) is 5.41 Å². The predicted molar refractivity (Wildman–Crippen MR) is 79.6 cm³/mol. The number of hydrogen-bond donors (Lipinski definition) is 2. The highest BCUT2D eigenvalue weighted by atomic mass is 35.5. The molecule has 2 heterocycles. The van der Waals surface area contributed by atoms with Gasteiger partial charge < -0.3 is 10.7 Å². The molecular formula is C14H15ClN4. The molecule has 0 aliphatic carbocycles. The van der Waals surface area contributed by atoms with Crippen molar-refractivity contribution in [3.8, 4) is 0 Å². The quantitative estimate of drug-likeness (QED) is 0.664. The third-order valence-electron chi connectivity index (χ3n) is 2.78. The lowest BCUT2D eigenvalue weighted by atomic mass is 10.0. The highest BCUT2D eigenvalue weighted by molar-refractivity contribution is 6.29. The molecule has 0 fully saturated rings. The highest BCUT2D eigenvalue weighted by Gasteiger charge is 2.08. The predicted octanol–water partition coefficient (Wildman–Crippen LogP) is 3.27. The lowest BCUT2D eigenvalue weighted by molar-refractivity contribution is 1.10. The number of aromatic nitrogens is 2. The van der Waals surface area contributed by atoms with Crippen molar-refractivity contribution < 1.29 is 0 Å². The van der Waals surface area contributed by atoms with E-state index < -0.39 is 0 Å². The van der Waals surface area contributed by atoms with Gasteiger partial charge in [-0.1, -0.05) is 18.5 Å². The SMILES string of the molecule is CCC(=N)/C(=C\NC)c1cnc2ccc(Cl)nc2c1. The number of pyridine rings is 2. The summed E-state index contributed by atoms with van der Waals surface area (Å²) < 4.78 is 0. The maximum atomic E-state index is 8.00. The van der Waals surface area contributed by atoms with E-state index >= 15 is 0 Å². The zero-order valence-electron chi connectivity index (χ0n) is 10.9. The molecule has 5 heteroatoms. The molecule has 0 saturated heterocycles. The van der Waals surface area contributed by atoms with Crippen molar-refractivity contribution in [2.24, 2.45) is 0 Å². The molecule has 0 aliphatic rings. The summed E-state index contributed by atoms with van der Waals surface area (Å²) in [7, 11) is 1.81. The second-order valence-corrected chi connectivity index (χ2v) is 4.46. The van der Waals surface area contributed by atoms with Crippen LogP contribution in [0.4, 0.5) is 0 Å². The largest absolute Gasteiger partial charge is 0.393 e. The molecule has 0 bridgehead atoms. The van der Waals surface area contributed by atoms with Crippen LogP contribution in [0.25, 0.3) is 16.6 Å². The summed E-state index contributed by atoms with van der Waals surface area (Å²) in [5, 5.41) is 11.4. The molecule has 2 rings (SSSR count). The number of nitrogens with zero attached hydrogens (tertiary/aromatic N) is 2. The minimum Gasteiger partial charge on any atom is -0.393 e. The standard InChI is InChI=1S/C14H15ClN4/c1-3-11(16)10(8-17-2)9-6-13-12(18-7-9)4-5-14(15)19-13/h4-8,16-17H,3H2,1-2H3/b10-8-,16-11?. The van der Waals surface area contributed by atoms with Crippen molar-refractivity contribution >= 4 is 33.9 Å². The minimum absolute atomic E-state index is 0.441. The van der Waals surface area contributed by atoms with Crippen LogP contribution < -0.4 is 5.32 Å². The van der Waals surface area contributed by atoms with Gasteiger partial charge >= 0.3 is 0 Å². The van der Waals surface area contributed by atoms with Crippen LogP contribution in [0.15, 0.2) is 30.6 Å². The number of rotatable bonds is 4. The molecule has 2 N–H and O–H groups in total. The van der Waals surface area contributed by atoms with E-state index in [0.29, 0.717) is 17.3 Å². The number of halogens is 1. The van der Waals surface area contributed by atoms with Gasteiger partial charge in [-0.15, -0.1) is 0 Å². The van der Waals surface area contributed by atoms with Gasteiger partial charge in [0.1, 0.15) is 5.15 Å². The fourth-order valence-corrected chi connectivity index (χ4v) is 1.96. The molecule has 98 valence electrons. The molecule has 0 spiro atoms. The minimum atomic E-state index is 0.441. The van der Waals surface area contributed by atoms with Crippen LogP contribution >= 0.6 is 11.6 Å². The molecule has 2 aromatic rings. The van der Waals surface area contributed by atoms with E-state index in [1.54, 1.807) is 18.5 Å². The molecule has 4 nitrogen and oxygen atoms in total. The van der Waals surface area contributed by atoms with Crippen LogP contribution in [0.1, 0.15) is 18.9 Å². The lowest BCUT2D eigenvalue weighted by Crippen LogP contribution is -2.05. The van der Waals surface area contributed by atoms with E-state index in [4.69, 9.17) is 17.0 Å². The molecule has 0 atom stereocenters. The number of hydrogen-bond acceptors (Lipinski definition) is 4. The molecule has 0 saturated carbocycles. The van der Waals surface area contributed by atoms with Gasteiger partial charge in [0, 0.05) is 36.3 Å². The van der Waals surface area contributed by atoms with E-state index in [0.717, 1.165) is 22.2 Å². The van der Waals surface area contributed by atoms with E-state index in [-0.39, 0.29) is 0 Å². The Morgan fingerprint density at radius 1 is 1.42 bits per heavy atom. The average Bonchev–Trinajstić information content (AvgIpc) is 2.43. The lowest BCUT2D eigenvalue weighted by Gasteiger charge is -2.08. The Balaban J connectivity index is 2.54. The average molecular weight is 275 g/mol. The molecule has 0 aliphatic heterocycles. The first-order valence-corrected chi connectivity index (χ1v) is 6.41. The second kappa shape index (κ2) is 5.80. The fraction of sp³-hybridized carbons (Fsp3) is 0.214. The van der Waals surface area contributed by atoms with E-state index in [2.05, 4.69) is 15.3 Å². The van der Waals surface area contributed by atoms with Crippen LogP contribution in [0.2, 0.25) is 5.15 Å². The van der Waals surface area contributed by atoms with Crippen LogP contribution in [0.3, 0.4) is 0 Å². The van der Waals surface area contributed by atoms with Crippen molar-refractivity contribution in [1.82, 2.24) is 15.3 Å². The summed E-state index contributed by atoms with van der Waals surface area (Å²) in [6, 6.07) is 5.46. The van der Waals surface area contributed by atoms with Gasteiger partial charge in [-0.05, 0) is 24.6 Å². The maximum Gasteiger partial charge on any atom is 0.129 e. The van der Waals surface area contributed by atoms with Gasteiger partial charge in [0.2, 0.25) is 0 Å².